The molecule has 2 aliphatic rings. The van der Waals surface area contributed by atoms with Crippen LogP contribution in [0.5, 0.6) is 0 Å². The first-order chi connectivity index (χ1) is 8.69. The molecule has 2 aliphatic heterocycles. The van der Waals surface area contributed by atoms with Crippen molar-refractivity contribution in [1.29, 1.82) is 0 Å². The first-order valence-corrected chi connectivity index (χ1v) is 7.80. The van der Waals surface area contributed by atoms with Gasteiger partial charge in [-0.1, -0.05) is 6.92 Å². The fourth-order valence-corrected chi connectivity index (χ4v) is 3.36. The van der Waals surface area contributed by atoms with Gasteiger partial charge in [0.1, 0.15) is 0 Å². The number of hydrogen-bond donors (Lipinski definition) is 1. The van der Waals surface area contributed by atoms with E-state index in [1.807, 2.05) is 0 Å². The number of ether oxygens (including phenoxy) is 1. The first-order valence-electron chi connectivity index (χ1n) is 7.80. The predicted octanol–water partition coefficient (Wildman–Crippen LogP) is 2.41. The zero-order chi connectivity index (χ0) is 13.0. The predicted molar refractivity (Wildman–Crippen MR) is 75.9 cm³/mol. The Morgan fingerprint density at radius 2 is 1.94 bits per heavy atom. The molecule has 4 unspecified atom stereocenters. The van der Waals surface area contributed by atoms with E-state index in [4.69, 9.17) is 4.74 Å². The first kappa shape index (κ1) is 14.3. The Morgan fingerprint density at radius 1 is 1.17 bits per heavy atom. The largest absolute Gasteiger partial charge is 0.378 e. The quantitative estimate of drug-likeness (QED) is 0.819. The van der Waals surface area contributed by atoms with Crippen LogP contribution in [0, 0.1) is 0 Å². The number of rotatable bonds is 2. The molecule has 3 heteroatoms. The molecule has 18 heavy (non-hydrogen) atoms. The van der Waals surface area contributed by atoms with Gasteiger partial charge in [0, 0.05) is 24.7 Å². The lowest BCUT2D eigenvalue weighted by Crippen LogP contribution is -2.49. The molecule has 0 spiro atoms. The van der Waals surface area contributed by atoms with Crippen LogP contribution in [0.1, 0.15) is 52.9 Å². The SMILES string of the molecule is CCC1CCN(C2CCOC(C)C2)CCC(C)N1. The van der Waals surface area contributed by atoms with Gasteiger partial charge < -0.3 is 15.0 Å². The van der Waals surface area contributed by atoms with Crippen molar-refractivity contribution in [2.75, 3.05) is 19.7 Å². The van der Waals surface area contributed by atoms with Gasteiger partial charge in [-0.25, -0.2) is 0 Å². The van der Waals surface area contributed by atoms with Crippen LogP contribution in [-0.2, 0) is 4.74 Å². The maximum absolute atomic E-state index is 5.68. The Morgan fingerprint density at radius 3 is 2.67 bits per heavy atom. The fourth-order valence-electron chi connectivity index (χ4n) is 3.36. The van der Waals surface area contributed by atoms with Gasteiger partial charge in [-0.15, -0.1) is 0 Å². The van der Waals surface area contributed by atoms with Gasteiger partial charge in [-0.2, -0.15) is 0 Å². The standard InChI is InChI=1S/C15H30N2O/c1-4-14-6-9-17(8-5-12(2)16-14)15-7-10-18-13(3)11-15/h12-16H,4-11H2,1-3H3. The van der Waals surface area contributed by atoms with Crippen molar-refractivity contribution in [1.82, 2.24) is 10.2 Å². The minimum Gasteiger partial charge on any atom is -0.378 e. The summed E-state index contributed by atoms with van der Waals surface area (Å²) < 4.78 is 5.68. The van der Waals surface area contributed by atoms with Crippen LogP contribution >= 0.6 is 0 Å². The molecule has 4 atom stereocenters. The Hall–Kier alpha value is -0.120. The highest BCUT2D eigenvalue weighted by molar-refractivity contribution is 4.83. The summed E-state index contributed by atoms with van der Waals surface area (Å²) in [6, 6.07) is 2.13. The third-order valence-electron chi connectivity index (χ3n) is 4.60. The third-order valence-corrected chi connectivity index (χ3v) is 4.60. The van der Waals surface area contributed by atoms with Crippen molar-refractivity contribution in [2.24, 2.45) is 0 Å². The summed E-state index contributed by atoms with van der Waals surface area (Å²) in [5, 5.41) is 3.75. The molecular formula is C15H30N2O. The van der Waals surface area contributed by atoms with Crippen LogP contribution < -0.4 is 5.32 Å². The van der Waals surface area contributed by atoms with E-state index < -0.39 is 0 Å². The molecule has 0 bridgehead atoms. The minimum absolute atomic E-state index is 0.451. The lowest BCUT2D eigenvalue weighted by molar-refractivity contribution is -0.0202. The molecule has 0 amide bonds. The molecule has 1 N–H and O–H groups in total. The van der Waals surface area contributed by atoms with E-state index >= 15 is 0 Å². The van der Waals surface area contributed by atoms with E-state index in [-0.39, 0.29) is 0 Å². The summed E-state index contributed by atoms with van der Waals surface area (Å²) in [7, 11) is 0. The normalized spacial score (nSPS) is 40.2. The molecule has 0 aromatic heterocycles. The molecule has 0 radical (unpaired) electrons. The average molecular weight is 254 g/mol. The minimum atomic E-state index is 0.451. The van der Waals surface area contributed by atoms with Gasteiger partial charge >= 0.3 is 0 Å². The number of nitrogens with one attached hydrogen (secondary N) is 1. The van der Waals surface area contributed by atoms with Crippen molar-refractivity contribution in [3.8, 4) is 0 Å². The van der Waals surface area contributed by atoms with E-state index in [1.54, 1.807) is 0 Å². The molecule has 0 aliphatic carbocycles. The van der Waals surface area contributed by atoms with Crippen LogP contribution in [0.25, 0.3) is 0 Å². The molecule has 2 saturated heterocycles. The fraction of sp³-hybridized carbons (Fsp3) is 1.00. The Balaban J connectivity index is 1.90. The summed E-state index contributed by atoms with van der Waals surface area (Å²) in [6.45, 7) is 10.3. The zero-order valence-electron chi connectivity index (χ0n) is 12.3. The average Bonchev–Trinajstić information content (AvgIpc) is 2.34. The van der Waals surface area contributed by atoms with Crippen LogP contribution in [0.2, 0.25) is 0 Å². The Labute approximate surface area is 112 Å². The van der Waals surface area contributed by atoms with Gasteiger partial charge in [0.25, 0.3) is 0 Å². The van der Waals surface area contributed by atoms with Crippen LogP contribution in [0.4, 0.5) is 0 Å². The number of hydrogen-bond acceptors (Lipinski definition) is 3. The molecule has 106 valence electrons. The molecular weight excluding hydrogens is 224 g/mol. The molecule has 2 heterocycles. The Bertz CT molecular complexity index is 247. The maximum Gasteiger partial charge on any atom is 0.0561 e. The summed E-state index contributed by atoms with van der Waals surface area (Å²) in [6.07, 6.45) is 6.73. The van der Waals surface area contributed by atoms with E-state index in [0.29, 0.717) is 18.2 Å². The highest BCUT2D eigenvalue weighted by Gasteiger charge is 2.27. The highest BCUT2D eigenvalue weighted by Crippen LogP contribution is 2.21. The van der Waals surface area contributed by atoms with Crippen LogP contribution in [0.3, 0.4) is 0 Å². The molecule has 0 aromatic carbocycles. The molecule has 3 nitrogen and oxygen atoms in total. The van der Waals surface area contributed by atoms with Gasteiger partial charge in [0.05, 0.1) is 6.10 Å². The Kier molecular flexibility index (Phi) is 5.46. The van der Waals surface area contributed by atoms with Crippen molar-refractivity contribution in [3.05, 3.63) is 0 Å². The molecule has 0 saturated carbocycles. The van der Waals surface area contributed by atoms with Crippen molar-refractivity contribution in [3.63, 3.8) is 0 Å². The van der Waals surface area contributed by atoms with Crippen LogP contribution in [0.15, 0.2) is 0 Å². The highest BCUT2D eigenvalue weighted by atomic mass is 16.5. The van der Waals surface area contributed by atoms with Gasteiger partial charge in [-0.05, 0) is 59.0 Å². The van der Waals surface area contributed by atoms with Crippen molar-refractivity contribution >= 4 is 0 Å². The van der Waals surface area contributed by atoms with E-state index in [1.165, 1.54) is 45.2 Å². The maximum atomic E-state index is 5.68. The third kappa shape index (κ3) is 3.94. The monoisotopic (exact) mass is 254 g/mol. The lowest BCUT2D eigenvalue weighted by Gasteiger charge is -2.39. The van der Waals surface area contributed by atoms with Gasteiger partial charge in [-0.3, -0.25) is 0 Å². The molecule has 0 aromatic rings. The second-order valence-electron chi connectivity index (χ2n) is 6.15. The van der Waals surface area contributed by atoms with Gasteiger partial charge in [0.15, 0.2) is 0 Å². The summed E-state index contributed by atoms with van der Waals surface area (Å²) in [4.78, 5) is 2.74. The topological polar surface area (TPSA) is 24.5 Å². The van der Waals surface area contributed by atoms with Gasteiger partial charge in [0.2, 0.25) is 0 Å². The smallest absolute Gasteiger partial charge is 0.0561 e. The second kappa shape index (κ2) is 6.88. The molecule has 2 rings (SSSR count). The summed E-state index contributed by atoms with van der Waals surface area (Å²) in [5.41, 5.74) is 0. The van der Waals surface area contributed by atoms with Crippen molar-refractivity contribution < 1.29 is 4.74 Å². The summed E-state index contributed by atoms with van der Waals surface area (Å²) >= 11 is 0. The van der Waals surface area contributed by atoms with E-state index in [2.05, 4.69) is 31.0 Å². The zero-order valence-corrected chi connectivity index (χ0v) is 12.3. The van der Waals surface area contributed by atoms with Crippen molar-refractivity contribution in [2.45, 2.75) is 77.1 Å². The van der Waals surface area contributed by atoms with E-state index in [0.717, 1.165) is 12.6 Å². The lowest BCUT2D eigenvalue weighted by atomic mass is 9.99. The molecule has 2 fully saturated rings. The number of nitrogens with zero attached hydrogens (tertiary/aromatic N) is 1. The second-order valence-corrected chi connectivity index (χ2v) is 6.15. The van der Waals surface area contributed by atoms with E-state index in [9.17, 15) is 0 Å². The summed E-state index contributed by atoms with van der Waals surface area (Å²) in [5.74, 6) is 0. The van der Waals surface area contributed by atoms with Crippen LogP contribution in [-0.4, -0.2) is 48.8 Å².